The molecule has 1 aliphatic carbocycles. The monoisotopic (exact) mass is 414 g/mol. The summed E-state index contributed by atoms with van der Waals surface area (Å²) < 4.78 is 6.70. The van der Waals surface area contributed by atoms with Gasteiger partial charge in [0.25, 0.3) is 0 Å². The molecule has 0 aromatic carbocycles. The second kappa shape index (κ2) is 8.86. The van der Waals surface area contributed by atoms with E-state index in [-0.39, 0.29) is 11.1 Å². The molecule has 0 amide bonds. The maximum atomic E-state index is 12.3. The van der Waals surface area contributed by atoms with E-state index in [2.05, 4.69) is 61.6 Å². The Hall–Kier alpha value is -0.883. The molecule has 0 aromatic heterocycles. The van der Waals surface area contributed by atoms with Crippen LogP contribution in [0.1, 0.15) is 74.1 Å². The van der Waals surface area contributed by atoms with Crippen molar-refractivity contribution >= 4 is 20.3 Å². The van der Waals surface area contributed by atoms with E-state index in [0.717, 1.165) is 12.8 Å². The van der Waals surface area contributed by atoms with E-state index in [1.807, 2.05) is 0 Å². The van der Waals surface area contributed by atoms with E-state index in [9.17, 15) is 19.8 Å². The summed E-state index contributed by atoms with van der Waals surface area (Å²) in [5, 5.41) is 20.1. The molecule has 6 heteroatoms. The van der Waals surface area contributed by atoms with Gasteiger partial charge in [-0.05, 0) is 42.8 Å². The Morgan fingerprint density at radius 2 is 1.29 bits per heavy atom. The summed E-state index contributed by atoms with van der Waals surface area (Å²) in [5.74, 6) is -2.56. The van der Waals surface area contributed by atoms with Gasteiger partial charge < -0.3 is 14.6 Å². The first kappa shape index (κ1) is 25.2. The lowest BCUT2D eigenvalue weighted by Crippen LogP contribution is -2.70. The molecule has 0 aliphatic heterocycles. The molecule has 0 aromatic rings. The highest BCUT2D eigenvalue weighted by atomic mass is 28.4. The minimum absolute atomic E-state index is 0.0110. The SMILES string of the molecule is CC(C)CCC1C(O[Si](C)(C)C(C)(C)C)C(CCC(C)C)C1(C(=O)O)C(=O)O. The standard InChI is InChI=1S/C22H42O5Si/c1-14(2)10-12-16-18(27-28(8,9)21(5,6)7)17(13-11-15(3)4)22(16,19(23)24)20(25)26/h14-18H,10-13H2,1-9H3,(H,23,24)(H,25,26). The maximum Gasteiger partial charge on any atom is 0.321 e. The zero-order valence-electron chi connectivity index (χ0n) is 19.3. The molecule has 2 unspecified atom stereocenters. The van der Waals surface area contributed by atoms with E-state index in [0.29, 0.717) is 24.7 Å². The van der Waals surface area contributed by atoms with Crippen LogP contribution in [0.4, 0.5) is 0 Å². The van der Waals surface area contributed by atoms with Crippen molar-refractivity contribution in [1.82, 2.24) is 0 Å². The van der Waals surface area contributed by atoms with Crippen LogP contribution in [0, 0.1) is 29.1 Å². The van der Waals surface area contributed by atoms with Crippen LogP contribution in [-0.2, 0) is 14.0 Å². The third-order valence-electron chi connectivity index (χ3n) is 7.02. The Kier molecular flexibility index (Phi) is 7.96. The largest absolute Gasteiger partial charge is 0.480 e. The molecule has 164 valence electrons. The van der Waals surface area contributed by atoms with E-state index in [1.165, 1.54) is 0 Å². The van der Waals surface area contributed by atoms with Crippen molar-refractivity contribution in [2.45, 2.75) is 98.4 Å². The Balaban J connectivity index is 3.35. The van der Waals surface area contributed by atoms with Crippen LogP contribution in [-0.4, -0.2) is 36.6 Å². The number of carboxylic acid groups (broad SMARTS) is 2. The number of aliphatic carboxylic acids is 2. The number of carbonyl (C=O) groups is 2. The predicted octanol–water partition coefficient (Wildman–Crippen LogP) is 5.65. The predicted molar refractivity (Wildman–Crippen MR) is 115 cm³/mol. The summed E-state index contributed by atoms with van der Waals surface area (Å²) in [5.41, 5.74) is -1.73. The van der Waals surface area contributed by atoms with Crippen LogP contribution < -0.4 is 0 Å². The summed E-state index contributed by atoms with van der Waals surface area (Å²) in [6.45, 7) is 19.1. The number of rotatable bonds is 10. The maximum absolute atomic E-state index is 12.3. The first-order valence-electron chi connectivity index (χ1n) is 10.7. The lowest BCUT2D eigenvalue weighted by atomic mass is 9.48. The fourth-order valence-corrected chi connectivity index (χ4v) is 5.53. The van der Waals surface area contributed by atoms with Crippen molar-refractivity contribution in [2.75, 3.05) is 0 Å². The molecule has 2 N–H and O–H groups in total. The summed E-state index contributed by atoms with van der Waals surface area (Å²) in [7, 11) is -2.15. The number of carboxylic acids is 2. The van der Waals surface area contributed by atoms with Gasteiger partial charge in [0.1, 0.15) is 0 Å². The van der Waals surface area contributed by atoms with E-state index >= 15 is 0 Å². The highest BCUT2D eigenvalue weighted by Gasteiger charge is 2.71. The molecule has 5 nitrogen and oxygen atoms in total. The lowest BCUT2D eigenvalue weighted by Gasteiger charge is -2.59. The molecular formula is C22H42O5Si. The zero-order valence-corrected chi connectivity index (χ0v) is 20.3. The van der Waals surface area contributed by atoms with Gasteiger partial charge in [0.15, 0.2) is 13.7 Å². The Bertz CT molecular complexity index is 526. The number of hydrogen-bond acceptors (Lipinski definition) is 3. The topological polar surface area (TPSA) is 83.8 Å². The molecule has 1 aliphatic rings. The van der Waals surface area contributed by atoms with E-state index in [4.69, 9.17) is 4.43 Å². The molecule has 1 fully saturated rings. The van der Waals surface area contributed by atoms with Crippen molar-refractivity contribution < 1.29 is 24.2 Å². The summed E-state index contributed by atoms with van der Waals surface area (Å²) in [6.07, 6.45) is 2.48. The van der Waals surface area contributed by atoms with Gasteiger partial charge in [-0.15, -0.1) is 0 Å². The Morgan fingerprint density at radius 1 is 0.929 bits per heavy atom. The third kappa shape index (κ3) is 4.81. The Morgan fingerprint density at radius 3 is 1.54 bits per heavy atom. The normalized spacial score (nSPS) is 25.0. The van der Waals surface area contributed by atoms with Crippen molar-refractivity contribution in [1.29, 1.82) is 0 Å². The van der Waals surface area contributed by atoms with Crippen LogP contribution in [0.5, 0.6) is 0 Å². The van der Waals surface area contributed by atoms with E-state index in [1.54, 1.807) is 0 Å². The van der Waals surface area contributed by atoms with Crippen molar-refractivity contribution in [3.8, 4) is 0 Å². The smallest absolute Gasteiger partial charge is 0.321 e. The molecule has 2 atom stereocenters. The summed E-state index contributed by atoms with van der Waals surface area (Å²) in [4.78, 5) is 24.7. The average molecular weight is 415 g/mol. The fraction of sp³-hybridized carbons (Fsp3) is 0.909. The van der Waals surface area contributed by atoms with Gasteiger partial charge in [0, 0.05) is 11.8 Å². The quantitative estimate of drug-likeness (QED) is 0.356. The molecule has 1 rings (SSSR count). The minimum Gasteiger partial charge on any atom is -0.480 e. The summed E-state index contributed by atoms with van der Waals surface area (Å²) >= 11 is 0. The second-order valence-electron chi connectivity index (χ2n) is 11.0. The van der Waals surface area contributed by atoms with Crippen molar-refractivity contribution in [2.24, 2.45) is 29.1 Å². The number of hydrogen-bond donors (Lipinski definition) is 2. The first-order chi connectivity index (χ1) is 12.6. The lowest BCUT2D eigenvalue weighted by molar-refractivity contribution is -0.216. The van der Waals surface area contributed by atoms with Gasteiger partial charge in [0.2, 0.25) is 0 Å². The van der Waals surface area contributed by atoms with Gasteiger partial charge in [-0.2, -0.15) is 0 Å². The molecule has 0 spiro atoms. The molecule has 1 saturated carbocycles. The zero-order chi connectivity index (χ0) is 22.1. The fourth-order valence-electron chi connectivity index (χ4n) is 4.17. The average Bonchev–Trinajstić information content (AvgIpc) is 2.47. The van der Waals surface area contributed by atoms with Crippen molar-refractivity contribution in [3.63, 3.8) is 0 Å². The molecule has 0 radical (unpaired) electrons. The molecule has 28 heavy (non-hydrogen) atoms. The van der Waals surface area contributed by atoms with Crippen LogP contribution in [0.2, 0.25) is 18.1 Å². The van der Waals surface area contributed by atoms with Gasteiger partial charge in [-0.25, -0.2) is 0 Å². The molecule has 0 saturated heterocycles. The molecule has 0 heterocycles. The van der Waals surface area contributed by atoms with Gasteiger partial charge in [0.05, 0.1) is 6.10 Å². The third-order valence-corrected chi connectivity index (χ3v) is 11.5. The molecule has 0 bridgehead atoms. The molecular weight excluding hydrogens is 372 g/mol. The van der Waals surface area contributed by atoms with Crippen LogP contribution in [0.3, 0.4) is 0 Å². The Labute approximate surface area is 172 Å². The van der Waals surface area contributed by atoms with Gasteiger partial charge >= 0.3 is 11.9 Å². The second-order valence-corrected chi connectivity index (χ2v) is 15.7. The highest BCUT2D eigenvalue weighted by molar-refractivity contribution is 6.74. The van der Waals surface area contributed by atoms with E-state index < -0.39 is 37.5 Å². The van der Waals surface area contributed by atoms with Crippen molar-refractivity contribution in [3.05, 3.63) is 0 Å². The van der Waals surface area contributed by atoms with Gasteiger partial charge in [-0.1, -0.05) is 61.3 Å². The first-order valence-corrected chi connectivity index (χ1v) is 13.6. The van der Waals surface area contributed by atoms with Crippen LogP contribution in [0.25, 0.3) is 0 Å². The van der Waals surface area contributed by atoms with Crippen LogP contribution in [0.15, 0.2) is 0 Å². The minimum atomic E-state index is -2.15. The van der Waals surface area contributed by atoms with Crippen LogP contribution >= 0.6 is 0 Å². The highest BCUT2D eigenvalue weighted by Crippen LogP contribution is 2.59. The van der Waals surface area contributed by atoms with Gasteiger partial charge in [-0.3, -0.25) is 9.59 Å². The summed E-state index contributed by atoms with van der Waals surface area (Å²) in [6, 6.07) is 0.